The van der Waals surface area contributed by atoms with Crippen molar-refractivity contribution in [3.05, 3.63) is 53.8 Å². The fourth-order valence-electron chi connectivity index (χ4n) is 1.67. The van der Waals surface area contributed by atoms with E-state index >= 15 is 0 Å². The zero-order valence-electron chi connectivity index (χ0n) is 9.13. The van der Waals surface area contributed by atoms with E-state index in [1.54, 1.807) is 6.07 Å². The summed E-state index contributed by atoms with van der Waals surface area (Å²) in [5, 5.41) is 0. The molecule has 94 valence electrons. The molecule has 0 aliphatic rings. The topological polar surface area (TPSA) is 26.0 Å². The second-order valence-electron chi connectivity index (χ2n) is 3.81. The van der Waals surface area contributed by atoms with E-state index in [0.717, 1.165) is 6.07 Å². The Bertz CT molecular complexity index is 575. The van der Waals surface area contributed by atoms with E-state index in [1.165, 1.54) is 30.3 Å². The first kappa shape index (κ1) is 12.4. The summed E-state index contributed by atoms with van der Waals surface area (Å²) >= 11 is 0. The highest BCUT2D eigenvalue weighted by molar-refractivity contribution is 5.69. The van der Waals surface area contributed by atoms with E-state index in [0.29, 0.717) is 11.1 Å². The highest BCUT2D eigenvalue weighted by Crippen LogP contribution is 2.35. The van der Waals surface area contributed by atoms with Gasteiger partial charge in [0.1, 0.15) is 5.82 Å². The fourth-order valence-corrected chi connectivity index (χ4v) is 1.67. The smallest absolute Gasteiger partial charge is 0.398 e. The molecule has 0 heterocycles. The quantitative estimate of drug-likeness (QED) is 0.602. The Labute approximate surface area is 101 Å². The molecular formula is C13H9F4N. The number of benzene rings is 2. The number of alkyl halides is 3. The summed E-state index contributed by atoms with van der Waals surface area (Å²) in [7, 11) is 0. The SMILES string of the molecule is Nc1cc(-c2cccc(F)c2)ccc1C(F)(F)F. The average Bonchev–Trinajstić information content (AvgIpc) is 2.27. The maximum absolute atomic E-state index is 13.0. The van der Waals surface area contributed by atoms with Crippen molar-refractivity contribution in [2.24, 2.45) is 0 Å². The van der Waals surface area contributed by atoms with Crippen molar-refractivity contribution < 1.29 is 17.6 Å². The van der Waals surface area contributed by atoms with Gasteiger partial charge < -0.3 is 5.73 Å². The Balaban J connectivity index is 2.47. The number of hydrogen-bond donors (Lipinski definition) is 1. The molecule has 2 aromatic carbocycles. The highest BCUT2D eigenvalue weighted by Gasteiger charge is 2.32. The molecule has 0 bridgehead atoms. The van der Waals surface area contributed by atoms with Crippen molar-refractivity contribution in [3.63, 3.8) is 0 Å². The minimum Gasteiger partial charge on any atom is -0.398 e. The van der Waals surface area contributed by atoms with Gasteiger partial charge in [0.05, 0.1) is 5.56 Å². The fraction of sp³-hybridized carbons (Fsp3) is 0.0769. The average molecular weight is 255 g/mol. The Morgan fingerprint density at radius 1 is 0.889 bits per heavy atom. The summed E-state index contributed by atoms with van der Waals surface area (Å²) in [5.74, 6) is -0.453. The Hall–Kier alpha value is -2.04. The van der Waals surface area contributed by atoms with Crippen LogP contribution in [-0.2, 0) is 6.18 Å². The standard InChI is InChI=1S/C13H9F4N/c14-10-3-1-2-8(6-10)9-4-5-11(12(18)7-9)13(15,16)17/h1-7H,18H2. The molecule has 0 aromatic heterocycles. The van der Waals surface area contributed by atoms with Crippen LogP contribution >= 0.6 is 0 Å². The van der Waals surface area contributed by atoms with Crippen LogP contribution in [0.5, 0.6) is 0 Å². The van der Waals surface area contributed by atoms with Crippen molar-refractivity contribution in [1.29, 1.82) is 0 Å². The van der Waals surface area contributed by atoms with E-state index in [2.05, 4.69) is 0 Å². The number of halogens is 4. The molecule has 0 amide bonds. The van der Waals surface area contributed by atoms with Gasteiger partial charge in [0.2, 0.25) is 0 Å². The molecule has 2 aromatic rings. The van der Waals surface area contributed by atoms with Gasteiger partial charge in [-0.25, -0.2) is 4.39 Å². The van der Waals surface area contributed by atoms with Gasteiger partial charge in [0.15, 0.2) is 0 Å². The molecule has 0 saturated heterocycles. The second-order valence-corrected chi connectivity index (χ2v) is 3.81. The summed E-state index contributed by atoms with van der Waals surface area (Å²) in [5.41, 5.74) is 5.04. The van der Waals surface area contributed by atoms with Crippen LogP contribution < -0.4 is 5.73 Å². The maximum Gasteiger partial charge on any atom is 0.418 e. The second kappa shape index (κ2) is 4.33. The van der Waals surface area contributed by atoms with Crippen LogP contribution in [0.15, 0.2) is 42.5 Å². The molecule has 5 heteroatoms. The highest BCUT2D eigenvalue weighted by atomic mass is 19.4. The first-order valence-corrected chi connectivity index (χ1v) is 5.10. The normalized spacial score (nSPS) is 11.6. The van der Waals surface area contributed by atoms with E-state index < -0.39 is 17.6 Å². The third-order valence-corrected chi connectivity index (χ3v) is 2.51. The van der Waals surface area contributed by atoms with Gasteiger partial charge in [-0.3, -0.25) is 0 Å². The van der Waals surface area contributed by atoms with Gasteiger partial charge >= 0.3 is 6.18 Å². The molecule has 18 heavy (non-hydrogen) atoms. The Kier molecular flexibility index (Phi) is 2.98. The summed E-state index contributed by atoms with van der Waals surface area (Å²) in [4.78, 5) is 0. The summed E-state index contributed by atoms with van der Waals surface area (Å²) in [6.07, 6.45) is -4.48. The van der Waals surface area contributed by atoms with Gasteiger partial charge in [0.25, 0.3) is 0 Å². The van der Waals surface area contributed by atoms with Crippen LogP contribution in [0.4, 0.5) is 23.2 Å². The number of nitrogen functional groups attached to an aromatic ring is 1. The van der Waals surface area contributed by atoms with Crippen molar-refractivity contribution in [3.8, 4) is 11.1 Å². The first-order valence-electron chi connectivity index (χ1n) is 5.10. The number of nitrogens with two attached hydrogens (primary N) is 1. The van der Waals surface area contributed by atoms with Crippen LogP contribution in [-0.4, -0.2) is 0 Å². The molecule has 0 fully saturated rings. The number of anilines is 1. The zero-order valence-corrected chi connectivity index (χ0v) is 9.13. The zero-order chi connectivity index (χ0) is 13.3. The van der Waals surface area contributed by atoms with E-state index in [-0.39, 0.29) is 5.69 Å². The van der Waals surface area contributed by atoms with Gasteiger partial charge in [-0.15, -0.1) is 0 Å². The van der Waals surface area contributed by atoms with Crippen LogP contribution in [0.25, 0.3) is 11.1 Å². The minimum absolute atomic E-state index is 0.371. The van der Waals surface area contributed by atoms with Crippen molar-refractivity contribution >= 4 is 5.69 Å². The molecule has 1 nitrogen and oxygen atoms in total. The van der Waals surface area contributed by atoms with Crippen LogP contribution in [0.3, 0.4) is 0 Å². The molecule has 0 radical (unpaired) electrons. The predicted octanol–water partition coefficient (Wildman–Crippen LogP) is 4.09. The monoisotopic (exact) mass is 255 g/mol. The maximum atomic E-state index is 13.0. The van der Waals surface area contributed by atoms with Crippen molar-refractivity contribution in [2.45, 2.75) is 6.18 Å². The molecule has 0 spiro atoms. The lowest BCUT2D eigenvalue weighted by Crippen LogP contribution is -2.08. The minimum atomic E-state index is -4.48. The lowest BCUT2D eigenvalue weighted by atomic mass is 10.0. The molecule has 0 aliphatic carbocycles. The van der Waals surface area contributed by atoms with Gasteiger partial charge in [-0.05, 0) is 35.4 Å². The predicted molar refractivity (Wildman–Crippen MR) is 61.3 cm³/mol. The number of rotatable bonds is 1. The molecule has 0 unspecified atom stereocenters. The van der Waals surface area contributed by atoms with Crippen molar-refractivity contribution in [1.82, 2.24) is 0 Å². The van der Waals surface area contributed by atoms with Crippen LogP contribution in [0, 0.1) is 5.82 Å². The molecule has 0 aliphatic heterocycles. The van der Waals surface area contributed by atoms with Gasteiger partial charge in [0, 0.05) is 5.69 Å². The van der Waals surface area contributed by atoms with Gasteiger partial charge in [-0.2, -0.15) is 13.2 Å². The van der Waals surface area contributed by atoms with Gasteiger partial charge in [-0.1, -0.05) is 18.2 Å². The Morgan fingerprint density at radius 3 is 2.11 bits per heavy atom. The third-order valence-electron chi connectivity index (χ3n) is 2.51. The summed E-state index contributed by atoms with van der Waals surface area (Å²) < 4.78 is 50.5. The van der Waals surface area contributed by atoms with E-state index in [4.69, 9.17) is 5.73 Å². The first-order chi connectivity index (χ1) is 8.38. The van der Waals surface area contributed by atoms with Crippen LogP contribution in [0.2, 0.25) is 0 Å². The third kappa shape index (κ3) is 2.45. The summed E-state index contributed by atoms with van der Waals surface area (Å²) in [6, 6.07) is 8.95. The largest absolute Gasteiger partial charge is 0.418 e. The molecule has 2 N–H and O–H groups in total. The Morgan fingerprint density at radius 2 is 1.56 bits per heavy atom. The molecular weight excluding hydrogens is 246 g/mol. The molecule has 0 atom stereocenters. The lowest BCUT2D eigenvalue weighted by Gasteiger charge is -2.11. The number of hydrogen-bond acceptors (Lipinski definition) is 1. The van der Waals surface area contributed by atoms with Crippen LogP contribution in [0.1, 0.15) is 5.56 Å². The molecule has 0 saturated carbocycles. The lowest BCUT2D eigenvalue weighted by molar-refractivity contribution is -0.136. The van der Waals surface area contributed by atoms with E-state index in [9.17, 15) is 17.6 Å². The molecule has 2 rings (SSSR count). The van der Waals surface area contributed by atoms with Crippen molar-refractivity contribution in [2.75, 3.05) is 5.73 Å². The summed E-state index contributed by atoms with van der Waals surface area (Å²) in [6.45, 7) is 0. The van der Waals surface area contributed by atoms with E-state index in [1.807, 2.05) is 0 Å².